The molecule has 1 aromatic heterocycles. The summed E-state index contributed by atoms with van der Waals surface area (Å²) >= 11 is 0. The molecule has 0 aliphatic rings. The third-order valence-corrected chi connectivity index (χ3v) is 3.49. The van der Waals surface area contributed by atoms with Gasteiger partial charge in [-0.15, -0.1) is 0 Å². The van der Waals surface area contributed by atoms with Gasteiger partial charge in [0.1, 0.15) is 17.9 Å². The van der Waals surface area contributed by atoms with Crippen LogP contribution in [0.1, 0.15) is 5.56 Å². The zero-order valence-corrected chi connectivity index (χ0v) is 14.0. The molecule has 0 unspecified atom stereocenters. The monoisotopic (exact) mass is 341 g/mol. The first kappa shape index (κ1) is 17.7. The van der Waals surface area contributed by atoms with Crippen molar-refractivity contribution in [1.29, 1.82) is 0 Å². The van der Waals surface area contributed by atoms with Crippen LogP contribution in [0.4, 0.5) is 11.5 Å². The van der Waals surface area contributed by atoms with Gasteiger partial charge in [0.05, 0.1) is 12.8 Å². The Bertz CT molecular complexity index is 810. The van der Waals surface area contributed by atoms with E-state index in [1.54, 1.807) is 7.11 Å². The normalized spacial score (nSPS) is 9.92. The third-order valence-electron chi connectivity index (χ3n) is 3.49. The molecule has 0 saturated carbocycles. The van der Waals surface area contributed by atoms with Crippen LogP contribution in [0.3, 0.4) is 0 Å². The van der Waals surface area contributed by atoms with E-state index < -0.39 is 0 Å². The number of nitrogens with one attached hydrogen (secondary N) is 1. The second-order valence-electron chi connectivity index (χ2n) is 5.02. The summed E-state index contributed by atoms with van der Waals surface area (Å²) in [5.74, 6) is 1.50. The van der Waals surface area contributed by atoms with E-state index in [9.17, 15) is 0 Å². The number of anilines is 2. The molecule has 2 aromatic carbocycles. The standard InChI is InChI=1S/C18H18N4O.ClH/c1-23-17-8-3-2-7-15(17)16-10-18(21-12-20-16)22-14-6-4-5-13(9-14)11-19;/h2-10,12H,11,19H2,1H3,(H,20,21,22);1H/p-1. The Kier molecular flexibility index (Phi) is 6.12. The largest absolute Gasteiger partial charge is 1.00 e. The van der Waals surface area contributed by atoms with Crippen LogP contribution in [0.25, 0.3) is 11.3 Å². The van der Waals surface area contributed by atoms with E-state index in [1.165, 1.54) is 6.33 Å². The predicted octanol–water partition coefficient (Wildman–Crippen LogP) is 0.358. The molecule has 0 bridgehead atoms. The van der Waals surface area contributed by atoms with Crippen molar-refractivity contribution in [3.05, 3.63) is 66.5 Å². The average molecular weight is 342 g/mol. The minimum Gasteiger partial charge on any atom is -1.00 e. The predicted molar refractivity (Wildman–Crippen MR) is 91.6 cm³/mol. The van der Waals surface area contributed by atoms with E-state index in [0.29, 0.717) is 6.54 Å². The van der Waals surface area contributed by atoms with Gasteiger partial charge in [0.25, 0.3) is 0 Å². The van der Waals surface area contributed by atoms with Crippen LogP contribution in [0.5, 0.6) is 5.75 Å². The number of aromatic nitrogens is 2. The fraction of sp³-hybridized carbons (Fsp3) is 0.111. The number of nitrogens with two attached hydrogens (primary N) is 1. The van der Waals surface area contributed by atoms with Crippen molar-refractivity contribution in [1.82, 2.24) is 9.97 Å². The number of para-hydroxylation sites is 1. The van der Waals surface area contributed by atoms with Gasteiger partial charge >= 0.3 is 0 Å². The van der Waals surface area contributed by atoms with E-state index in [1.807, 2.05) is 54.6 Å². The van der Waals surface area contributed by atoms with Gasteiger partial charge in [-0.1, -0.05) is 24.3 Å². The lowest BCUT2D eigenvalue weighted by Gasteiger charge is -2.10. The summed E-state index contributed by atoms with van der Waals surface area (Å²) in [5, 5.41) is 3.28. The summed E-state index contributed by atoms with van der Waals surface area (Å²) in [4.78, 5) is 8.62. The molecular formula is C18H18ClN4O-. The summed E-state index contributed by atoms with van der Waals surface area (Å²) in [6.07, 6.45) is 1.54. The number of benzene rings is 2. The van der Waals surface area contributed by atoms with Crippen LogP contribution in [0.15, 0.2) is 60.9 Å². The molecule has 124 valence electrons. The number of halogens is 1. The molecule has 3 rings (SSSR count). The van der Waals surface area contributed by atoms with Gasteiger partial charge < -0.3 is 28.2 Å². The zero-order chi connectivity index (χ0) is 16.1. The van der Waals surface area contributed by atoms with Crippen LogP contribution in [0, 0.1) is 0 Å². The maximum absolute atomic E-state index is 5.68. The van der Waals surface area contributed by atoms with Crippen molar-refractivity contribution in [3.63, 3.8) is 0 Å². The highest BCUT2D eigenvalue weighted by Crippen LogP contribution is 2.29. The number of hydrogen-bond donors (Lipinski definition) is 2. The minimum absolute atomic E-state index is 0. The lowest BCUT2D eigenvalue weighted by Crippen LogP contribution is -3.00. The lowest BCUT2D eigenvalue weighted by molar-refractivity contribution is -0.00000511. The molecule has 3 aromatic rings. The van der Waals surface area contributed by atoms with Crippen LogP contribution in [-0.2, 0) is 6.54 Å². The van der Waals surface area contributed by atoms with Crippen molar-refractivity contribution in [2.75, 3.05) is 12.4 Å². The van der Waals surface area contributed by atoms with Crippen molar-refractivity contribution in [2.45, 2.75) is 6.54 Å². The molecule has 24 heavy (non-hydrogen) atoms. The Hall–Kier alpha value is -2.63. The summed E-state index contributed by atoms with van der Waals surface area (Å²) in [5.41, 5.74) is 9.41. The average Bonchev–Trinajstić information content (AvgIpc) is 2.62. The van der Waals surface area contributed by atoms with Crippen LogP contribution in [0.2, 0.25) is 0 Å². The van der Waals surface area contributed by atoms with Crippen molar-refractivity contribution in [2.24, 2.45) is 5.73 Å². The van der Waals surface area contributed by atoms with Crippen molar-refractivity contribution in [3.8, 4) is 17.0 Å². The van der Waals surface area contributed by atoms with Crippen molar-refractivity contribution < 1.29 is 17.1 Å². The highest BCUT2D eigenvalue weighted by molar-refractivity contribution is 5.70. The topological polar surface area (TPSA) is 73.1 Å². The second kappa shape index (κ2) is 8.29. The number of rotatable bonds is 5. The molecule has 0 aliphatic carbocycles. The highest BCUT2D eigenvalue weighted by Gasteiger charge is 2.07. The van der Waals surface area contributed by atoms with E-state index >= 15 is 0 Å². The molecule has 0 spiro atoms. The van der Waals surface area contributed by atoms with Gasteiger partial charge in [-0.3, -0.25) is 0 Å². The maximum Gasteiger partial charge on any atom is 0.134 e. The first-order chi connectivity index (χ1) is 11.3. The quantitative estimate of drug-likeness (QED) is 0.701. The fourth-order valence-electron chi connectivity index (χ4n) is 2.35. The lowest BCUT2D eigenvalue weighted by atomic mass is 10.1. The Labute approximate surface area is 147 Å². The van der Waals surface area contributed by atoms with E-state index in [-0.39, 0.29) is 12.4 Å². The molecule has 0 aliphatic heterocycles. The highest BCUT2D eigenvalue weighted by atomic mass is 35.5. The molecule has 0 atom stereocenters. The summed E-state index contributed by atoms with van der Waals surface area (Å²) in [7, 11) is 1.65. The van der Waals surface area contributed by atoms with Gasteiger partial charge in [-0.05, 0) is 29.8 Å². The Morgan fingerprint density at radius 3 is 2.67 bits per heavy atom. The molecule has 6 heteroatoms. The van der Waals surface area contributed by atoms with Crippen LogP contribution < -0.4 is 28.2 Å². The molecule has 0 fully saturated rings. The number of hydrogen-bond acceptors (Lipinski definition) is 5. The first-order valence-corrected chi connectivity index (χ1v) is 7.31. The Balaban J connectivity index is 0.00000208. The smallest absolute Gasteiger partial charge is 0.134 e. The third kappa shape index (κ3) is 4.01. The molecule has 3 N–H and O–H groups in total. The molecular weight excluding hydrogens is 324 g/mol. The van der Waals surface area contributed by atoms with Crippen LogP contribution >= 0.6 is 0 Å². The fourth-order valence-corrected chi connectivity index (χ4v) is 2.35. The molecule has 1 heterocycles. The van der Waals surface area contributed by atoms with Gasteiger partial charge in [0, 0.05) is 23.9 Å². The van der Waals surface area contributed by atoms with Gasteiger partial charge in [-0.2, -0.15) is 0 Å². The molecule has 5 nitrogen and oxygen atoms in total. The number of methoxy groups -OCH3 is 1. The van der Waals surface area contributed by atoms with Gasteiger partial charge in [0.15, 0.2) is 0 Å². The van der Waals surface area contributed by atoms with E-state index in [4.69, 9.17) is 10.5 Å². The molecule has 0 saturated heterocycles. The van der Waals surface area contributed by atoms with E-state index in [2.05, 4.69) is 15.3 Å². The van der Waals surface area contributed by atoms with Gasteiger partial charge in [0.2, 0.25) is 0 Å². The SMILES string of the molecule is COc1ccccc1-c1cc(Nc2cccc(CN)c2)ncn1.[Cl-]. The molecule has 0 radical (unpaired) electrons. The molecule has 0 amide bonds. The maximum atomic E-state index is 5.68. The Morgan fingerprint density at radius 2 is 1.88 bits per heavy atom. The van der Waals surface area contributed by atoms with Gasteiger partial charge in [-0.25, -0.2) is 9.97 Å². The van der Waals surface area contributed by atoms with E-state index in [0.717, 1.165) is 34.1 Å². The zero-order valence-electron chi connectivity index (χ0n) is 13.2. The number of nitrogens with zero attached hydrogens (tertiary/aromatic N) is 2. The summed E-state index contributed by atoms with van der Waals surface area (Å²) in [6.45, 7) is 0.506. The summed E-state index contributed by atoms with van der Waals surface area (Å²) in [6, 6.07) is 17.6. The minimum atomic E-state index is 0. The Morgan fingerprint density at radius 1 is 1.04 bits per heavy atom. The summed E-state index contributed by atoms with van der Waals surface area (Å²) < 4.78 is 5.39. The first-order valence-electron chi connectivity index (χ1n) is 7.31. The number of ether oxygens (including phenoxy) is 1. The van der Waals surface area contributed by atoms with Crippen LogP contribution in [-0.4, -0.2) is 17.1 Å². The second-order valence-corrected chi connectivity index (χ2v) is 5.02. The van der Waals surface area contributed by atoms with Crippen molar-refractivity contribution >= 4 is 11.5 Å².